The molecule has 5 heterocycles. The number of benzene rings is 1. The van der Waals surface area contributed by atoms with Crippen molar-refractivity contribution in [2.45, 2.75) is 50.5 Å². The summed E-state index contributed by atoms with van der Waals surface area (Å²) in [7, 11) is 3.40. The smallest absolute Gasteiger partial charge is 0.319 e. The molecule has 208 valence electrons. The number of alkyl halides is 1. The van der Waals surface area contributed by atoms with Crippen molar-refractivity contribution in [2.75, 3.05) is 45.2 Å². The van der Waals surface area contributed by atoms with Crippen LogP contribution in [-0.2, 0) is 13.1 Å². The fourth-order valence-electron chi connectivity index (χ4n) is 6.07. The van der Waals surface area contributed by atoms with Gasteiger partial charge in [0.1, 0.15) is 24.1 Å². The molecule has 2 saturated heterocycles. The first-order valence-electron chi connectivity index (χ1n) is 13.1. The number of halogens is 4. The molecule has 6 rings (SSSR count). The maximum absolute atomic E-state index is 15.5. The standard InChI is InChI=1S/C26H29BrF2IN7O2/c1-34(2)24(38)19-9-16-13-35(6-4-8-37(16)33-19)23-17-10-18(30)20(27)21(29)22(17)31-25(32-23)39-14-26-5-3-7-36(26)12-15(28)11-26/h9-10,15H,3-8,11-14H2,1-2H3/t15-,26+/m1/s1. The molecule has 13 heteroatoms. The summed E-state index contributed by atoms with van der Waals surface area (Å²) in [5.41, 5.74) is 1.06. The lowest BCUT2D eigenvalue weighted by atomic mass is 9.95. The zero-order valence-corrected chi connectivity index (χ0v) is 25.5. The van der Waals surface area contributed by atoms with Gasteiger partial charge in [-0.05, 0) is 76.5 Å². The summed E-state index contributed by atoms with van der Waals surface area (Å²) in [4.78, 5) is 27.6. The number of carbonyl (C=O) groups is 1. The SMILES string of the molecule is CN(C)C(=O)c1cc2n(n1)CCCN(c1nc(OC[C@@]34CCCN3C[C@H](F)C4)nc3c(F)c(Br)c(I)cc13)C2. The Kier molecular flexibility index (Phi) is 7.19. The number of aromatic nitrogens is 4. The van der Waals surface area contributed by atoms with Crippen molar-refractivity contribution in [3.8, 4) is 6.01 Å². The third-order valence-electron chi connectivity index (χ3n) is 7.96. The Balaban J connectivity index is 1.38. The van der Waals surface area contributed by atoms with Crippen LogP contribution in [0.5, 0.6) is 6.01 Å². The van der Waals surface area contributed by atoms with E-state index in [0.717, 1.165) is 31.5 Å². The van der Waals surface area contributed by atoms with Crippen LogP contribution in [0.15, 0.2) is 16.6 Å². The molecule has 2 fully saturated rings. The molecule has 39 heavy (non-hydrogen) atoms. The van der Waals surface area contributed by atoms with E-state index < -0.39 is 12.0 Å². The monoisotopic (exact) mass is 715 g/mol. The number of hydrogen-bond acceptors (Lipinski definition) is 7. The van der Waals surface area contributed by atoms with E-state index >= 15 is 4.39 Å². The summed E-state index contributed by atoms with van der Waals surface area (Å²) >= 11 is 5.44. The molecule has 1 aromatic carbocycles. The zero-order chi connectivity index (χ0) is 27.5. The van der Waals surface area contributed by atoms with E-state index in [1.54, 1.807) is 14.1 Å². The largest absolute Gasteiger partial charge is 0.461 e. The molecule has 1 amide bonds. The number of aryl methyl sites for hydroxylation is 1. The van der Waals surface area contributed by atoms with E-state index in [0.29, 0.717) is 57.5 Å². The van der Waals surface area contributed by atoms with Crippen molar-refractivity contribution in [1.82, 2.24) is 29.5 Å². The van der Waals surface area contributed by atoms with Gasteiger partial charge in [-0.15, -0.1) is 0 Å². The maximum atomic E-state index is 15.5. The third kappa shape index (κ3) is 4.88. The second-order valence-electron chi connectivity index (χ2n) is 10.8. The highest BCUT2D eigenvalue weighted by Gasteiger charge is 2.49. The fourth-order valence-corrected chi connectivity index (χ4v) is 6.92. The molecule has 0 radical (unpaired) electrons. The quantitative estimate of drug-likeness (QED) is 0.287. The Hall–Kier alpha value is -2.13. The summed E-state index contributed by atoms with van der Waals surface area (Å²) in [6.07, 6.45) is 2.17. The van der Waals surface area contributed by atoms with E-state index in [-0.39, 0.29) is 29.6 Å². The fraction of sp³-hybridized carbons (Fsp3) is 0.538. The van der Waals surface area contributed by atoms with Gasteiger partial charge in [0.15, 0.2) is 11.5 Å². The normalized spacial score (nSPS) is 23.1. The van der Waals surface area contributed by atoms with E-state index in [1.165, 1.54) is 4.90 Å². The number of carbonyl (C=O) groups excluding carboxylic acids is 1. The maximum Gasteiger partial charge on any atom is 0.319 e. The van der Waals surface area contributed by atoms with Crippen LogP contribution in [0.2, 0.25) is 0 Å². The van der Waals surface area contributed by atoms with Crippen molar-refractivity contribution in [1.29, 1.82) is 0 Å². The number of rotatable bonds is 5. The van der Waals surface area contributed by atoms with Crippen LogP contribution in [-0.4, -0.2) is 87.5 Å². The summed E-state index contributed by atoms with van der Waals surface area (Å²) in [5, 5.41) is 5.11. The number of nitrogens with zero attached hydrogens (tertiary/aromatic N) is 7. The molecule has 9 nitrogen and oxygen atoms in total. The van der Waals surface area contributed by atoms with Crippen LogP contribution in [0.4, 0.5) is 14.6 Å². The molecule has 0 aliphatic carbocycles. The van der Waals surface area contributed by atoms with Gasteiger partial charge >= 0.3 is 6.01 Å². The van der Waals surface area contributed by atoms with Crippen molar-refractivity contribution >= 4 is 61.1 Å². The number of ether oxygens (including phenoxy) is 1. The van der Waals surface area contributed by atoms with Crippen molar-refractivity contribution in [3.63, 3.8) is 0 Å². The molecule has 3 aliphatic rings. The van der Waals surface area contributed by atoms with Gasteiger partial charge in [0.2, 0.25) is 0 Å². The van der Waals surface area contributed by atoms with Gasteiger partial charge in [-0.2, -0.15) is 15.1 Å². The lowest BCUT2D eigenvalue weighted by molar-refractivity contribution is 0.0821. The van der Waals surface area contributed by atoms with E-state index in [1.807, 2.05) is 16.8 Å². The first-order chi connectivity index (χ1) is 18.6. The van der Waals surface area contributed by atoms with E-state index in [4.69, 9.17) is 9.72 Å². The molecule has 0 spiro atoms. The van der Waals surface area contributed by atoms with Crippen molar-refractivity contribution in [3.05, 3.63) is 37.4 Å². The number of fused-ring (bicyclic) bond motifs is 3. The first-order valence-corrected chi connectivity index (χ1v) is 14.9. The van der Waals surface area contributed by atoms with Gasteiger partial charge in [-0.3, -0.25) is 14.4 Å². The van der Waals surface area contributed by atoms with Crippen molar-refractivity contribution < 1.29 is 18.3 Å². The molecule has 2 atom stereocenters. The molecule has 0 unspecified atom stereocenters. The predicted octanol–water partition coefficient (Wildman–Crippen LogP) is 4.40. The molecule has 0 saturated carbocycles. The topological polar surface area (TPSA) is 79.6 Å². The highest BCUT2D eigenvalue weighted by atomic mass is 127. The average molecular weight is 716 g/mol. The zero-order valence-electron chi connectivity index (χ0n) is 21.8. The van der Waals surface area contributed by atoms with Crippen LogP contribution >= 0.6 is 38.5 Å². The Labute approximate surface area is 247 Å². The summed E-state index contributed by atoms with van der Waals surface area (Å²) < 4.78 is 38.9. The Morgan fingerprint density at radius 1 is 1.26 bits per heavy atom. The highest BCUT2D eigenvalue weighted by Crippen LogP contribution is 2.41. The van der Waals surface area contributed by atoms with Gasteiger partial charge in [-0.1, -0.05) is 0 Å². The number of anilines is 1. The highest BCUT2D eigenvalue weighted by molar-refractivity contribution is 14.1. The Morgan fingerprint density at radius 3 is 2.87 bits per heavy atom. The Bertz CT molecular complexity index is 1450. The van der Waals surface area contributed by atoms with Gasteiger partial charge in [0.25, 0.3) is 5.91 Å². The number of hydrogen-bond donors (Lipinski definition) is 0. The van der Waals surface area contributed by atoms with Crippen LogP contribution in [0.1, 0.15) is 41.9 Å². The number of amides is 1. The molecule has 3 aliphatic heterocycles. The lowest BCUT2D eigenvalue weighted by Crippen LogP contribution is -2.43. The predicted molar refractivity (Wildman–Crippen MR) is 154 cm³/mol. The second-order valence-corrected chi connectivity index (χ2v) is 12.8. The summed E-state index contributed by atoms with van der Waals surface area (Å²) in [5.74, 6) is -0.0750. The first kappa shape index (κ1) is 27.1. The van der Waals surface area contributed by atoms with Crippen LogP contribution in [0, 0.1) is 9.39 Å². The minimum atomic E-state index is -0.872. The van der Waals surface area contributed by atoms with Gasteiger partial charge in [0.05, 0.1) is 22.3 Å². The van der Waals surface area contributed by atoms with Gasteiger partial charge in [-0.25, -0.2) is 8.78 Å². The minimum absolute atomic E-state index is 0.0780. The van der Waals surface area contributed by atoms with Crippen molar-refractivity contribution in [2.24, 2.45) is 0 Å². The third-order valence-corrected chi connectivity index (χ3v) is 10.3. The minimum Gasteiger partial charge on any atom is -0.461 e. The van der Waals surface area contributed by atoms with Crippen LogP contribution < -0.4 is 9.64 Å². The van der Waals surface area contributed by atoms with E-state index in [9.17, 15) is 9.18 Å². The second kappa shape index (κ2) is 10.4. The molecule has 0 bridgehead atoms. The molecule has 3 aromatic rings. The Morgan fingerprint density at radius 2 is 2.08 bits per heavy atom. The molecular weight excluding hydrogens is 687 g/mol. The molecular formula is C26H29BrF2IN7O2. The molecule has 0 N–H and O–H groups in total. The van der Waals surface area contributed by atoms with Crippen LogP contribution in [0.3, 0.4) is 0 Å². The van der Waals surface area contributed by atoms with Crippen LogP contribution in [0.25, 0.3) is 10.9 Å². The molecule has 2 aromatic heterocycles. The van der Waals surface area contributed by atoms with E-state index in [2.05, 4.69) is 58.4 Å². The summed E-state index contributed by atoms with van der Waals surface area (Å²) in [6.45, 7) is 3.28. The average Bonchev–Trinajstić information content (AvgIpc) is 3.52. The van der Waals surface area contributed by atoms with Gasteiger partial charge in [0, 0.05) is 49.1 Å². The lowest BCUT2D eigenvalue weighted by Gasteiger charge is -2.31. The summed E-state index contributed by atoms with van der Waals surface area (Å²) in [6, 6.07) is 3.76. The van der Waals surface area contributed by atoms with Gasteiger partial charge < -0.3 is 14.5 Å².